The molecule has 0 radical (unpaired) electrons. The molecule has 0 spiro atoms. The van der Waals surface area contributed by atoms with Gasteiger partial charge in [0.05, 0.1) is 18.4 Å². The van der Waals surface area contributed by atoms with Crippen molar-refractivity contribution in [3.63, 3.8) is 0 Å². The van der Waals surface area contributed by atoms with E-state index in [9.17, 15) is 9.18 Å². The molecule has 1 saturated heterocycles. The van der Waals surface area contributed by atoms with Crippen LogP contribution in [-0.4, -0.2) is 64.2 Å². The second-order valence-corrected chi connectivity index (χ2v) is 8.99. The fourth-order valence-electron chi connectivity index (χ4n) is 4.22. The molecule has 1 N–H and O–H groups in total. The van der Waals surface area contributed by atoms with Gasteiger partial charge in [0.15, 0.2) is 0 Å². The highest BCUT2D eigenvalue weighted by atomic mass is 32.1. The monoisotopic (exact) mass is 428 g/mol. The van der Waals surface area contributed by atoms with Gasteiger partial charge in [-0.15, -0.1) is 5.10 Å². The topological polar surface area (TPSA) is 65.8 Å². The number of benzene rings is 1. The van der Waals surface area contributed by atoms with Crippen LogP contribution in [0.15, 0.2) is 30.5 Å². The summed E-state index contributed by atoms with van der Waals surface area (Å²) in [4.78, 5) is 22.2. The molecule has 0 unspecified atom stereocenters. The number of anilines is 1. The van der Waals surface area contributed by atoms with Gasteiger partial charge in [0.25, 0.3) is 0 Å². The van der Waals surface area contributed by atoms with Crippen molar-refractivity contribution in [3.8, 4) is 11.3 Å². The molecule has 3 aromatic rings. The third-order valence-electron chi connectivity index (χ3n) is 5.90. The van der Waals surface area contributed by atoms with Gasteiger partial charge in [-0.1, -0.05) is 24.2 Å². The number of rotatable bonds is 5. The first-order valence-electron chi connectivity index (χ1n) is 10.5. The van der Waals surface area contributed by atoms with Crippen molar-refractivity contribution in [1.29, 1.82) is 0 Å². The van der Waals surface area contributed by atoms with Gasteiger partial charge in [-0.25, -0.2) is 13.9 Å². The summed E-state index contributed by atoms with van der Waals surface area (Å²) < 4.78 is 14.9. The number of hydrogen-bond donors (Lipinski definition) is 1. The van der Waals surface area contributed by atoms with Gasteiger partial charge in [0.1, 0.15) is 5.82 Å². The predicted molar refractivity (Wildman–Crippen MR) is 115 cm³/mol. The number of nitrogens with zero attached hydrogens (tertiary/aromatic N) is 5. The number of piperazine rings is 1. The molecule has 1 amide bonds. The Morgan fingerprint density at radius 1 is 1.13 bits per heavy atom. The maximum atomic E-state index is 13.1. The van der Waals surface area contributed by atoms with Crippen molar-refractivity contribution in [2.45, 2.75) is 31.7 Å². The first-order valence-corrected chi connectivity index (χ1v) is 11.3. The first-order chi connectivity index (χ1) is 14.6. The molecule has 158 valence electrons. The van der Waals surface area contributed by atoms with Gasteiger partial charge >= 0.3 is 0 Å². The quantitative estimate of drug-likeness (QED) is 0.677. The van der Waals surface area contributed by atoms with Crippen LogP contribution in [0.4, 0.5) is 9.52 Å². The van der Waals surface area contributed by atoms with Gasteiger partial charge < -0.3 is 10.2 Å². The van der Waals surface area contributed by atoms with Crippen LogP contribution in [0.3, 0.4) is 0 Å². The summed E-state index contributed by atoms with van der Waals surface area (Å²) in [6, 6.07) is 6.71. The minimum atomic E-state index is -0.254. The molecule has 1 aliphatic heterocycles. The van der Waals surface area contributed by atoms with Crippen molar-refractivity contribution < 1.29 is 9.18 Å². The van der Waals surface area contributed by atoms with Crippen LogP contribution in [0, 0.1) is 5.82 Å². The van der Waals surface area contributed by atoms with E-state index in [4.69, 9.17) is 0 Å². The van der Waals surface area contributed by atoms with Crippen molar-refractivity contribution in [1.82, 2.24) is 24.8 Å². The van der Waals surface area contributed by atoms with E-state index in [-0.39, 0.29) is 11.7 Å². The molecule has 1 aromatic carbocycles. The normalized spacial score (nSPS) is 18.4. The molecular formula is C21H25FN6OS. The van der Waals surface area contributed by atoms with Gasteiger partial charge in [-0.2, -0.15) is 0 Å². The fourth-order valence-corrected chi connectivity index (χ4v) is 5.16. The smallest absolute Gasteiger partial charge is 0.234 e. The van der Waals surface area contributed by atoms with Crippen LogP contribution in [0.2, 0.25) is 0 Å². The Hall–Kier alpha value is -2.52. The lowest BCUT2D eigenvalue weighted by molar-refractivity contribution is -0.123. The lowest BCUT2D eigenvalue weighted by atomic mass is 10.2. The van der Waals surface area contributed by atoms with E-state index in [0.717, 1.165) is 60.4 Å². The maximum absolute atomic E-state index is 13.1. The summed E-state index contributed by atoms with van der Waals surface area (Å²) >= 11 is 1.55. The predicted octanol–water partition coefficient (Wildman–Crippen LogP) is 2.78. The Morgan fingerprint density at radius 3 is 2.57 bits per heavy atom. The third-order valence-corrected chi connectivity index (χ3v) is 6.89. The van der Waals surface area contributed by atoms with Crippen LogP contribution in [0.1, 0.15) is 25.7 Å². The summed E-state index contributed by atoms with van der Waals surface area (Å²) in [5, 5.41) is 8.79. The number of hydrogen-bond acceptors (Lipinski definition) is 6. The zero-order valence-corrected chi connectivity index (χ0v) is 17.6. The van der Waals surface area contributed by atoms with Crippen LogP contribution in [0.5, 0.6) is 0 Å². The zero-order valence-electron chi connectivity index (χ0n) is 16.8. The fraction of sp³-hybridized carbons (Fsp3) is 0.476. The number of fused-ring (bicyclic) bond motifs is 1. The van der Waals surface area contributed by atoms with E-state index in [1.165, 1.54) is 25.0 Å². The van der Waals surface area contributed by atoms with Crippen molar-refractivity contribution in [2.75, 3.05) is 37.6 Å². The molecule has 5 rings (SSSR count). The average molecular weight is 429 g/mol. The number of nitrogens with one attached hydrogen (secondary N) is 1. The zero-order chi connectivity index (χ0) is 20.5. The molecule has 2 aliphatic rings. The minimum absolute atomic E-state index is 0.149. The van der Waals surface area contributed by atoms with E-state index >= 15 is 0 Å². The molecule has 1 saturated carbocycles. The number of aromatic nitrogens is 3. The minimum Gasteiger partial charge on any atom is -0.352 e. The highest BCUT2D eigenvalue weighted by Crippen LogP contribution is 2.27. The van der Waals surface area contributed by atoms with E-state index in [1.807, 2.05) is 6.20 Å². The molecule has 0 atom stereocenters. The Morgan fingerprint density at radius 2 is 1.87 bits per heavy atom. The van der Waals surface area contributed by atoms with E-state index in [2.05, 4.69) is 25.2 Å². The number of carbonyl (C=O) groups is 1. The van der Waals surface area contributed by atoms with Gasteiger partial charge in [-0.05, 0) is 37.1 Å². The number of halogens is 1. The molecule has 3 heterocycles. The summed E-state index contributed by atoms with van der Waals surface area (Å²) in [5.74, 6) is -0.105. The number of amides is 1. The Balaban J connectivity index is 1.17. The first kappa shape index (κ1) is 19.4. The Labute approximate surface area is 178 Å². The largest absolute Gasteiger partial charge is 0.352 e. The summed E-state index contributed by atoms with van der Waals surface area (Å²) in [7, 11) is 0. The van der Waals surface area contributed by atoms with Crippen LogP contribution in [-0.2, 0) is 4.79 Å². The summed E-state index contributed by atoms with van der Waals surface area (Å²) in [6.45, 7) is 3.87. The molecule has 7 nitrogen and oxygen atoms in total. The summed E-state index contributed by atoms with van der Waals surface area (Å²) in [5.41, 5.74) is 1.67. The molecule has 2 fully saturated rings. The Kier molecular flexibility index (Phi) is 5.39. The standard InChI is InChI=1S/C21H25FN6OS/c22-16-7-5-15(6-8-16)18-13-28-20(24-18)30-21(25-28)27-11-9-26(10-12-27)14-19(29)23-17-3-1-2-4-17/h5-8,13,17H,1-4,9-12,14H2,(H,23,29). The van der Waals surface area contributed by atoms with Crippen LogP contribution in [0.25, 0.3) is 16.2 Å². The van der Waals surface area contributed by atoms with Crippen molar-refractivity contribution in [3.05, 3.63) is 36.3 Å². The van der Waals surface area contributed by atoms with E-state index in [0.29, 0.717) is 12.6 Å². The number of carbonyl (C=O) groups excluding carboxylic acids is 1. The lowest BCUT2D eigenvalue weighted by Crippen LogP contribution is -2.50. The van der Waals surface area contributed by atoms with E-state index in [1.54, 1.807) is 28.0 Å². The average Bonchev–Trinajstić information content (AvgIpc) is 3.46. The SMILES string of the molecule is O=C(CN1CCN(c2nn3cc(-c4ccc(F)cc4)nc3s2)CC1)NC1CCCC1. The number of imidazole rings is 1. The van der Waals surface area contributed by atoms with Crippen LogP contribution < -0.4 is 10.2 Å². The molecular weight excluding hydrogens is 403 g/mol. The second kappa shape index (κ2) is 8.31. The highest BCUT2D eigenvalue weighted by Gasteiger charge is 2.23. The molecule has 30 heavy (non-hydrogen) atoms. The maximum Gasteiger partial charge on any atom is 0.234 e. The van der Waals surface area contributed by atoms with Gasteiger partial charge in [0.2, 0.25) is 16.0 Å². The second-order valence-electron chi connectivity index (χ2n) is 8.06. The van der Waals surface area contributed by atoms with Crippen molar-refractivity contribution >= 4 is 27.3 Å². The van der Waals surface area contributed by atoms with Gasteiger partial charge in [0, 0.05) is 37.8 Å². The van der Waals surface area contributed by atoms with Gasteiger partial charge in [-0.3, -0.25) is 9.69 Å². The van der Waals surface area contributed by atoms with Crippen LogP contribution >= 0.6 is 11.3 Å². The van der Waals surface area contributed by atoms with Crippen molar-refractivity contribution in [2.24, 2.45) is 0 Å². The highest BCUT2D eigenvalue weighted by molar-refractivity contribution is 7.20. The molecule has 1 aliphatic carbocycles. The lowest BCUT2D eigenvalue weighted by Gasteiger charge is -2.34. The Bertz CT molecular complexity index is 986. The molecule has 9 heteroatoms. The summed E-state index contributed by atoms with van der Waals surface area (Å²) in [6.07, 6.45) is 6.58. The van der Waals surface area contributed by atoms with E-state index < -0.39 is 0 Å². The molecule has 2 aromatic heterocycles. The third kappa shape index (κ3) is 4.17. The molecule has 0 bridgehead atoms.